The number of nitrogens with one attached hydrogen (secondary N) is 2. The standard InChI is InChI=1S/C24H28N4O/c1-28(2)19(14-17-8-4-3-5-9-17)16-25-23-15-21(24(29)26-18-12-13-18)20-10-6-7-11-22(20)27-23/h3-11,15,18-19H,12-14,16H2,1-2H3,(H,25,27)(H,26,29)/t19-/m0/s1. The van der Waals surface area contributed by atoms with Crippen LogP contribution in [-0.2, 0) is 6.42 Å². The lowest BCUT2D eigenvalue weighted by Crippen LogP contribution is -2.36. The monoisotopic (exact) mass is 388 g/mol. The van der Waals surface area contributed by atoms with Crippen LogP contribution in [0.1, 0.15) is 28.8 Å². The van der Waals surface area contributed by atoms with Crippen molar-refractivity contribution in [2.45, 2.75) is 31.3 Å². The molecule has 5 heteroatoms. The molecule has 0 bridgehead atoms. The molecule has 1 saturated carbocycles. The number of anilines is 1. The molecule has 0 unspecified atom stereocenters. The molecule has 0 aliphatic heterocycles. The highest BCUT2D eigenvalue weighted by molar-refractivity contribution is 6.07. The van der Waals surface area contributed by atoms with Crippen LogP contribution in [0.5, 0.6) is 0 Å². The van der Waals surface area contributed by atoms with Crippen LogP contribution in [0.15, 0.2) is 60.7 Å². The number of pyridine rings is 1. The maximum Gasteiger partial charge on any atom is 0.252 e. The molecule has 1 amide bonds. The second kappa shape index (κ2) is 8.62. The van der Waals surface area contributed by atoms with Crippen molar-refractivity contribution in [1.29, 1.82) is 0 Å². The van der Waals surface area contributed by atoms with Gasteiger partial charge in [0.05, 0.1) is 11.1 Å². The molecule has 1 aromatic heterocycles. The lowest BCUT2D eigenvalue weighted by atomic mass is 10.0. The number of amides is 1. The summed E-state index contributed by atoms with van der Waals surface area (Å²) in [6, 6.07) is 20.9. The fourth-order valence-corrected chi connectivity index (χ4v) is 3.49. The maximum atomic E-state index is 12.8. The number of hydrogen-bond acceptors (Lipinski definition) is 4. The Hall–Kier alpha value is -2.92. The van der Waals surface area contributed by atoms with E-state index in [2.05, 4.69) is 53.9 Å². The summed E-state index contributed by atoms with van der Waals surface area (Å²) in [5, 5.41) is 7.47. The molecule has 0 radical (unpaired) electrons. The van der Waals surface area contributed by atoms with Crippen molar-refractivity contribution in [3.05, 3.63) is 71.8 Å². The predicted octanol–water partition coefficient (Wildman–Crippen LogP) is 3.71. The Morgan fingerprint density at radius 1 is 1.10 bits per heavy atom. The number of carbonyl (C=O) groups excluding carboxylic acids is 1. The van der Waals surface area contributed by atoms with Gasteiger partial charge < -0.3 is 15.5 Å². The number of hydrogen-bond donors (Lipinski definition) is 2. The van der Waals surface area contributed by atoms with Gasteiger partial charge in [0.1, 0.15) is 5.82 Å². The first-order valence-electron chi connectivity index (χ1n) is 10.2. The summed E-state index contributed by atoms with van der Waals surface area (Å²) < 4.78 is 0. The van der Waals surface area contributed by atoms with Crippen molar-refractivity contribution in [1.82, 2.24) is 15.2 Å². The molecule has 4 rings (SSSR count). The molecule has 1 heterocycles. The molecule has 1 atom stereocenters. The minimum atomic E-state index is -0.0115. The van der Waals surface area contributed by atoms with Crippen LogP contribution in [0.3, 0.4) is 0 Å². The van der Waals surface area contributed by atoms with Crippen LogP contribution >= 0.6 is 0 Å². The van der Waals surface area contributed by atoms with E-state index in [1.165, 1.54) is 5.56 Å². The second-order valence-corrected chi connectivity index (χ2v) is 8.01. The minimum Gasteiger partial charge on any atom is -0.368 e. The van der Waals surface area contributed by atoms with Crippen molar-refractivity contribution in [2.24, 2.45) is 0 Å². The first-order valence-corrected chi connectivity index (χ1v) is 10.2. The molecule has 5 nitrogen and oxygen atoms in total. The molecule has 0 spiro atoms. The average molecular weight is 389 g/mol. The van der Waals surface area contributed by atoms with Crippen molar-refractivity contribution < 1.29 is 4.79 Å². The number of rotatable bonds is 8. The van der Waals surface area contributed by atoms with Gasteiger partial charge >= 0.3 is 0 Å². The normalized spacial score (nSPS) is 14.7. The highest BCUT2D eigenvalue weighted by Crippen LogP contribution is 2.24. The van der Waals surface area contributed by atoms with E-state index >= 15 is 0 Å². The molecule has 29 heavy (non-hydrogen) atoms. The van der Waals surface area contributed by atoms with Gasteiger partial charge in [-0.05, 0) is 51.1 Å². The summed E-state index contributed by atoms with van der Waals surface area (Å²) in [6.45, 7) is 0.747. The molecule has 3 aromatic rings. The lowest BCUT2D eigenvalue weighted by Gasteiger charge is -2.25. The molecule has 2 aromatic carbocycles. The number of fused-ring (bicyclic) bond motifs is 1. The zero-order chi connectivity index (χ0) is 20.2. The molecule has 150 valence electrons. The Morgan fingerprint density at radius 2 is 1.83 bits per heavy atom. The third-order valence-electron chi connectivity index (χ3n) is 5.44. The molecule has 1 fully saturated rings. The van der Waals surface area contributed by atoms with Gasteiger partial charge in [-0.25, -0.2) is 4.98 Å². The number of nitrogens with zero attached hydrogens (tertiary/aromatic N) is 2. The molecule has 1 aliphatic carbocycles. The van der Waals surface area contributed by atoms with E-state index < -0.39 is 0 Å². The highest BCUT2D eigenvalue weighted by Gasteiger charge is 2.25. The molecule has 2 N–H and O–H groups in total. The first-order chi connectivity index (χ1) is 14.1. The van der Waals surface area contributed by atoms with Crippen LogP contribution in [0.4, 0.5) is 5.82 Å². The third kappa shape index (κ3) is 4.93. The number of carbonyl (C=O) groups is 1. The predicted molar refractivity (Wildman–Crippen MR) is 118 cm³/mol. The van der Waals surface area contributed by atoms with Gasteiger partial charge in [0.25, 0.3) is 5.91 Å². The van der Waals surface area contributed by atoms with Gasteiger partial charge in [-0.3, -0.25) is 4.79 Å². The van der Waals surface area contributed by atoms with E-state index in [9.17, 15) is 4.79 Å². The number of benzene rings is 2. The average Bonchev–Trinajstić information content (AvgIpc) is 3.55. The van der Waals surface area contributed by atoms with Gasteiger partial charge in [-0.15, -0.1) is 0 Å². The van der Waals surface area contributed by atoms with Crippen LogP contribution in [0.2, 0.25) is 0 Å². The lowest BCUT2D eigenvalue weighted by molar-refractivity contribution is 0.0952. The largest absolute Gasteiger partial charge is 0.368 e. The van der Waals surface area contributed by atoms with Crippen LogP contribution < -0.4 is 10.6 Å². The Kier molecular flexibility index (Phi) is 5.76. The van der Waals surface area contributed by atoms with Crippen molar-refractivity contribution in [2.75, 3.05) is 26.0 Å². The molecule has 0 saturated heterocycles. The maximum absolute atomic E-state index is 12.8. The van der Waals surface area contributed by atoms with Crippen LogP contribution in [-0.4, -0.2) is 48.5 Å². The Morgan fingerprint density at radius 3 is 2.55 bits per heavy atom. The van der Waals surface area contributed by atoms with Crippen LogP contribution in [0.25, 0.3) is 10.9 Å². The third-order valence-corrected chi connectivity index (χ3v) is 5.44. The van der Waals surface area contributed by atoms with Crippen molar-refractivity contribution in [3.63, 3.8) is 0 Å². The topological polar surface area (TPSA) is 57.3 Å². The molecular formula is C24H28N4O. The Labute approximate surface area is 172 Å². The highest BCUT2D eigenvalue weighted by atomic mass is 16.1. The van der Waals surface area contributed by atoms with E-state index in [0.717, 1.165) is 42.5 Å². The van der Waals surface area contributed by atoms with Gasteiger partial charge in [0.2, 0.25) is 0 Å². The van der Waals surface area contributed by atoms with E-state index in [0.29, 0.717) is 17.6 Å². The van der Waals surface area contributed by atoms with Gasteiger partial charge in [0, 0.05) is 24.0 Å². The Bertz CT molecular complexity index is 983. The van der Waals surface area contributed by atoms with E-state index in [1.54, 1.807) is 0 Å². The first kappa shape index (κ1) is 19.4. The second-order valence-electron chi connectivity index (χ2n) is 8.01. The van der Waals surface area contributed by atoms with Crippen molar-refractivity contribution in [3.8, 4) is 0 Å². The molecule has 1 aliphatic rings. The summed E-state index contributed by atoms with van der Waals surface area (Å²) in [7, 11) is 4.19. The minimum absolute atomic E-state index is 0.0115. The van der Waals surface area contributed by atoms with E-state index in [1.807, 2.05) is 36.4 Å². The summed E-state index contributed by atoms with van der Waals surface area (Å²) in [6.07, 6.45) is 3.09. The number of aromatic nitrogens is 1. The Balaban J connectivity index is 1.54. The van der Waals surface area contributed by atoms with E-state index in [4.69, 9.17) is 4.98 Å². The number of para-hydroxylation sites is 1. The number of likely N-dealkylation sites (N-methyl/N-ethyl adjacent to an activating group) is 1. The summed E-state index contributed by atoms with van der Waals surface area (Å²) >= 11 is 0. The smallest absolute Gasteiger partial charge is 0.252 e. The summed E-state index contributed by atoms with van der Waals surface area (Å²) in [4.78, 5) is 19.7. The van der Waals surface area contributed by atoms with Gasteiger partial charge in [-0.1, -0.05) is 48.5 Å². The van der Waals surface area contributed by atoms with E-state index in [-0.39, 0.29) is 5.91 Å². The van der Waals surface area contributed by atoms with Crippen molar-refractivity contribution >= 4 is 22.6 Å². The van der Waals surface area contributed by atoms with Gasteiger partial charge in [0.15, 0.2) is 0 Å². The zero-order valence-electron chi connectivity index (χ0n) is 17.1. The fourth-order valence-electron chi connectivity index (χ4n) is 3.49. The quantitative estimate of drug-likeness (QED) is 0.618. The van der Waals surface area contributed by atoms with Gasteiger partial charge in [-0.2, -0.15) is 0 Å². The zero-order valence-corrected chi connectivity index (χ0v) is 17.1. The summed E-state index contributed by atoms with van der Waals surface area (Å²) in [5.41, 5.74) is 2.83. The summed E-state index contributed by atoms with van der Waals surface area (Å²) in [5.74, 6) is 0.729. The SMILES string of the molecule is CN(C)[C@H](CNc1cc(C(=O)NC2CC2)c2ccccc2n1)Cc1ccccc1. The fraction of sp³-hybridized carbons (Fsp3) is 0.333. The molecular weight excluding hydrogens is 360 g/mol. The van der Waals surface area contributed by atoms with Crippen LogP contribution in [0, 0.1) is 0 Å².